The average molecular weight is 208 g/mol. The summed E-state index contributed by atoms with van der Waals surface area (Å²) in [5.74, 6) is -2.39. The molecule has 0 unspecified atom stereocenters. The average Bonchev–Trinajstić information content (AvgIpc) is 1.98. The molecule has 0 saturated carbocycles. The molecule has 1 aromatic carbocycles. The topological polar surface area (TPSA) is 49.3 Å². The standard InChI is InChI=1S/C7H4ClF2NO2/c8-4-1-3(11-7(12)13)2-5(9)6(4)10/h1-2,11H,(H,12,13). The number of amides is 1. The van der Waals surface area contributed by atoms with Crippen molar-refractivity contribution < 1.29 is 18.7 Å². The number of rotatable bonds is 1. The van der Waals surface area contributed by atoms with E-state index in [9.17, 15) is 13.6 Å². The van der Waals surface area contributed by atoms with E-state index in [1.807, 2.05) is 5.32 Å². The van der Waals surface area contributed by atoms with Gasteiger partial charge < -0.3 is 5.11 Å². The van der Waals surface area contributed by atoms with Crippen LogP contribution in [0.4, 0.5) is 19.3 Å². The summed E-state index contributed by atoms with van der Waals surface area (Å²) in [4.78, 5) is 10.1. The molecule has 0 heterocycles. The summed E-state index contributed by atoms with van der Waals surface area (Å²) in [6.07, 6.45) is -1.37. The zero-order chi connectivity index (χ0) is 10.0. The lowest BCUT2D eigenvalue weighted by atomic mass is 10.3. The minimum atomic E-state index is -1.37. The van der Waals surface area contributed by atoms with Gasteiger partial charge in [-0.15, -0.1) is 0 Å². The maximum Gasteiger partial charge on any atom is 0.409 e. The summed E-state index contributed by atoms with van der Waals surface area (Å²) >= 11 is 5.25. The summed E-state index contributed by atoms with van der Waals surface area (Å²) in [7, 11) is 0. The van der Waals surface area contributed by atoms with Crippen LogP contribution in [-0.4, -0.2) is 11.2 Å². The fraction of sp³-hybridized carbons (Fsp3) is 0. The molecule has 0 fully saturated rings. The van der Waals surface area contributed by atoms with E-state index in [0.29, 0.717) is 6.07 Å². The Morgan fingerprint density at radius 2 is 2.08 bits per heavy atom. The van der Waals surface area contributed by atoms with Crippen molar-refractivity contribution in [2.45, 2.75) is 0 Å². The van der Waals surface area contributed by atoms with Crippen LogP contribution in [-0.2, 0) is 0 Å². The molecular weight excluding hydrogens is 204 g/mol. The van der Waals surface area contributed by atoms with E-state index in [-0.39, 0.29) is 5.69 Å². The van der Waals surface area contributed by atoms with Gasteiger partial charge in [0.05, 0.1) is 5.02 Å². The highest BCUT2D eigenvalue weighted by Crippen LogP contribution is 2.22. The smallest absolute Gasteiger partial charge is 0.409 e. The number of anilines is 1. The second kappa shape index (κ2) is 3.57. The lowest BCUT2D eigenvalue weighted by Crippen LogP contribution is -2.07. The van der Waals surface area contributed by atoms with Crippen LogP contribution in [0.5, 0.6) is 0 Å². The number of benzene rings is 1. The van der Waals surface area contributed by atoms with E-state index < -0.39 is 22.8 Å². The summed E-state index contributed by atoms with van der Waals surface area (Å²) < 4.78 is 25.2. The predicted octanol–water partition coefficient (Wildman–Crippen LogP) is 2.71. The molecule has 0 spiro atoms. The van der Waals surface area contributed by atoms with Crippen LogP contribution in [0.25, 0.3) is 0 Å². The monoisotopic (exact) mass is 207 g/mol. The van der Waals surface area contributed by atoms with E-state index in [2.05, 4.69) is 0 Å². The summed E-state index contributed by atoms with van der Waals surface area (Å²) in [5.41, 5.74) is -0.114. The van der Waals surface area contributed by atoms with Gasteiger partial charge in [-0.1, -0.05) is 11.6 Å². The summed E-state index contributed by atoms with van der Waals surface area (Å²) in [5, 5.41) is 9.62. The van der Waals surface area contributed by atoms with Crippen LogP contribution in [0.3, 0.4) is 0 Å². The van der Waals surface area contributed by atoms with Gasteiger partial charge in [0.1, 0.15) is 0 Å². The molecule has 0 bridgehead atoms. The van der Waals surface area contributed by atoms with Gasteiger partial charge in [0.2, 0.25) is 0 Å². The molecule has 0 aromatic heterocycles. The molecule has 3 nitrogen and oxygen atoms in total. The molecule has 0 atom stereocenters. The second-order valence-electron chi connectivity index (χ2n) is 2.18. The molecule has 6 heteroatoms. The lowest BCUT2D eigenvalue weighted by molar-refractivity contribution is 0.209. The Morgan fingerprint density at radius 3 is 2.54 bits per heavy atom. The van der Waals surface area contributed by atoms with Crippen molar-refractivity contribution in [3.05, 3.63) is 28.8 Å². The Morgan fingerprint density at radius 1 is 1.46 bits per heavy atom. The first-order valence-corrected chi connectivity index (χ1v) is 3.53. The zero-order valence-corrected chi connectivity index (χ0v) is 6.90. The van der Waals surface area contributed by atoms with Gasteiger partial charge in [0.15, 0.2) is 11.6 Å². The van der Waals surface area contributed by atoms with Crippen LogP contribution < -0.4 is 5.32 Å². The van der Waals surface area contributed by atoms with Crippen molar-refractivity contribution in [2.75, 3.05) is 5.32 Å². The molecule has 1 rings (SSSR count). The second-order valence-corrected chi connectivity index (χ2v) is 2.59. The largest absolute Gasteiger partial charge is 0.465 e. The summed E-state index contributed by atoms with van der Waals surface area (Å²) in [6, 6.07) is 1.68. The normalized spacial score (nSPS) is 9.77. The zero-order valence-electron chi connectivity index (χ0n) is 6.14. The molecule has 1 amide bonds. The number of carbonyl (C=O) groups is 1. The molecule has 0 radical (unpaired) electrons. The van der Waals surface area contributed by atoms with E-state index >= 15 is 0 Å². The maximum absolute atomic E-state index is 12.6. The minimum Gasteiger partial charge on any atom is -0.465 e. The van der Waals surface area contributed by atoms with Crippen LogP contribution in [0, 0.1) is 11.6 Å². The first-order valence-electron chi connectivity index (χ1n) is 3.15. The van der Waals surface area contributed by atoms with E-state index in [4.69, 9.17) is 16.7 Å². The quantitative estimate of drug-likeness (QED) is 0.696. The van der Waals surface area contributed by atoms with Crippen LogP contribution >= 0.6 is 11.6 Å². The third-order valence-corrected chi connectivity index (χ3v) is 1.51. The Hall–Kier alpha value is -1.36. The molecule has 0 aliphatic carbocycles. The highest BCUT2D eigenvalue weighted by molar-refractivity contribution is 6.31. The molecule has 2 N–H and O–H groups in total. The first kappa shape index (κ1) is 9.73. The maximum atomic E-state index is 12.6. The highest BCUT2D eigenvalue weighted by atomic mass is 35.5. The van der Waals surface area contributed by atoms with Crippen LogP contribution in [0.2, 0.25) is 5.02 Å². The van der Waals surface area contributed by atoms with E-state index in [1.165, 1.54) is 0 Å². The van der Waals surface area contributed by atoms with E-state index in [1.54, 1.807) is 0 Å². The van der Waals surface area contributed by atoms with Crippen LogP contribution in [0.1, 0.15) is 0 Å². The van der Waals surface area contributed by atoms with Gasteiger partial charge in [-0.25, -0.2) is 13.6 Å². The highest BCUT2D eigenvalue weighted by Gasteiger charge is 2.09. The number of halogens is 3. The van der Waals surface area contributed by atoms with E-state index in [0.717, 1.165) is 6.07 Å². The fourth-order valence-corrected chi connectivity index (χ4v) is 0.959. The van der Waals surface area contributed by atoms with Crippen molar-refractivity contribution in [1.82, 2.24) is 0 Å². The van der Waals surface area contributed by atoms with Gasteiger partial charge in [-0.2, -0.15) is 0 Å². The Labute approximate surface area is 76.9 Å². The Balaban J connectivity index is 3.06. The molecule has 70 valence electrons. The van der Waals surface area contributed by atoms with Gasteiger partial charge in [-0.05, 0) is 6.07 Å². The van der Waals surface area contributed by atoms with Crippen molar-refractivity contribution in [3.8, 4) is 0 Å². The van der Waals surface area contributed by atoms with Crippen LogP contribution in [0.15, 0.2) is 12.1 Å². The first-order chi connectivity index (χ1) is 6.00. The van der Waals surface area contributed by atoms with Crippen molar-refractivity contribution in [1.29, 1.82) is 0 Å². The Bertz CT molecular complexity index is 333. The number of carboxylic acid groups (broad SMARTS) is 1. The van der Waals surface area contributed by atoms with Crippen molar-refractivity contribution in [3.63, 3.8) is 0 Å². The summed E-state index contributed by atoms with van der Waals surface area (Å²) in [6.45, 7) is 0. The van der Waals surface area contributed by atoms with Crippen molar-refractivity contribution in [2.24, 2.45) is 0 Å². The lowest BCUT2D eigenvalue weighted by Gasteiger charge is -2.02. The molecular formula is C7H4ClF2NO2. The number of hydrogen-bond donors (Lipinski definition) is 2. The SMILES string of the molecule is O=C(O)Nc1cc(F)c(F)c(Cl)c1. The molecule has 0 saturated heterocycles. The third kappa shape index (κ3) is 2.29. The number of nitrogens with one attached hydrogen (secondary N) is 1. The predicted molar refractivity (Wildman–Crippen MR) is 43.0 cm³/mol. The Kier molecular flexibility index (Phi) is 2.67. The molecule has 0 aliphatic heterocycles. The van der Waals surface area contributed by atoms with Gasteiger partial charge in [0, 0.05) is 11.8 Å². The van der Waals surface area contributed by atoms with Gasteiger partial charge >= 0.3 is 6.09 Å². The number of hydrogen-bond acceptors (Lipinski definition) is 1. The molecule has 0 aliphatic rings. The fourth-order valence-electron chi connectivity index (χ4n) is 0.751. The van der Waals surface area contributed by atoms with Gasteiger partial charge in [0.25, 0.3) is 0 Å². The molecule has 13 heavy (non-hydrogen) atoms. The minimum absolute atomic E-state index is 0.114. The third-order valence-electron chi connectivity index (χ3n) is 1.24. The van der Waals surface area contributed by atoms with Crippen molar-refractivity contribution >= 4 is 23.4 Å². The van der Waals surface area contributed by atoms with Gasteiger partial charge in [-0.3, -0.25) is 5.32 Å². The molecule has 1 aromatic rings.